The van der Waals surface area contributed by atoms with E-state index in [2.05, 4.69) is 20.6 Å². The highest BCUT2D eigenvalue weighted by Gasteiger charge is 2.06. The smallest absolute Gasteiger partial charge is 0.238 e. The van der Waals surface area contributed by atoms with E-state index in [-0.39, 0.29) is 4.90 Å². The van der Waals surface area contributed by atoms with Crippen LogP contribution in [0.5, 0.6) is 0 Å². The first kappa shape index (κ1) is 17.8. The van der Waals surface area contributed by atoms with E-state index < -0.39 is 10.0 Å². The van der Waals surface area contributed by atoms with Crippen LogP contribution in [0.2, 0.25) is 0 Å². The molecule has 0 radical (unpaired) electrons. The van der Waals surface area contributed by atoms with Crippen LogP contribution in [0.3, 0.4) is 0 Å². The van der Waals surface area contributed by atoms with Crippen LogP contribution >= 0.6 is 0 Å². The Bertz CT molecular complexity index is 960. The van der Waals surface area contributed by atoms with Crippen molar-refractivity contribution >= 4 is 27.5 Å². The van der Waals surface area contributed by atoms with Gasteiger partial charge >= 0.3 is 0 Å². The second kappa shape index (κ2) is 7.94. The van der Waals surface area contributed by atoms with Crippen molar-refractivity contribution in [3.8, 4) is 0 Å². The lowest BCUT2D eigenvalue weighted by atomic mass is 10.1. The van der Waals surface area contributed by atoms with Crippen LogP contribution in [-0.4, -0.2) is 24.9 Å². The van der Waals surface area contributed by atoms with Gasteiger partial charge in [0.1, 0.15) is 5.82 Å². The van der Waals surface area contributed by atoms with Crippen molar-refractivity contribution in [2.75, 3.05) is 17.2 Å². The topological polar surface area (TPSA) is 110 Å². The zero-order valence-electron chi connectivity index (χ0n) is 14.0. The molecule has 0 aliphatic carbocycles. The molecule has 26 heavy (non-hydrogen) atoms. The number of benzene rings is 2. The van der Waals surface area contributed by atoms with Crippen LogP contribution in [0.1, 0.15) is 5.56 Å². The van der Waals surface area contributed by atoms with Crippen molar-refractivity contribution < 1.29 is 8.42 Å². The molecule has 1 heterocycles. The number of hydrogen-bond donors (Lipinski definition) is 3. The summed E-state index contributed by atoms with van der Waals surface area (Å²) in [6, 6.07) is 18.1. The first-order chi connectivity index (χ1) is 12.5. The van der Waals surface area contributed by atoms with Crippen molar-refractivity contribution in [3.63, 3.8) is 0 Å². The van der Waals surface area contributed by atoms with Gasteiger partial charge in [-0.1, -0.05) is 30.3 Å². The Hall–Kier alpha value is -2.97. The third-order valence-corrected chi connectivity index (χ3v) is 4.58. The van der Waals surface area contributed by atoms with E-state index in [0.717, 1.165) is 11.3 Å². The largest absolute Gasteiger partial charge is 0.354 e. The molecule has 0 atom stereocenters. The van der Waals surface area contributed by atoms with Crippen molar-refractivity contribution in [1.29, 1.82) is 0 Å². The highest BCUT2D eigenvalue weighted by Crippen LogP contribution is 2.14. The van der Waals surface area contributed by atoms with Crippen molar-refractivity contribution in [1.82, 2.24) is 9.97 Å². The molecular weight excluding hydrogens is 350 g/mol. The normalized spacial score (nSPS) is 11.1. The molecule has 7 nitrogen and oxygen atoms in total. The van der Waals surface area contributed by atoms with E-state index >= 15 is 0 Å². The molecule has 0 aliphatic heterocycles. The Morgan fingerprint density at radius 1 is 0.962 bits per heavy atom. The van der Waals surface area contributed by atoms with Gasteiger partial charge in [0, 0.05) is 18.4 Å². The van der Waals surface area contributed by atoms with E-state index in [1.807, 2.05) is 30.3 Å². The quantitative estimate of drug-likeness (QED) is 0.590. The van der Waals surface area contributed by atoms with Crippen LogP contribution in [0.25, 0.3) is 0 Å². The van der Waals surface area contributed by atoms with E-state index in [4.69, 9.17) is 5.14 Å². The lowest BCUT2D eigenvalue weighted by molar-refractivity contribution is 0.598. The van der Waals surface area contributed by atoms with E-state index in [1.54, 1.807) is 24.4 Å². The molecule has 0 saturated carbocycles. The van der Waals surface area contributed by atoms with Crippen LogP contribution in [0, 0.1) is 0 Å². The summed E-state index contributed by atoms with van der Waals surface area (Å²) in [6.45, 7) is 0.615. The van der Waals surface area contributed by atoms with Crippen molar-refractivity contribution in [3.05, 3.63) is 72.4 Å². The zero-order chi connectivity index (χ0) is 18.4. The van der Waals surface area contributed by atoms with E-state index in [1.165, 1.54) is 12.1 Å². The minimum atomic E-state index is -3.66. The van der Waals surface area contributed by atoms with Gasteiger partial charge in [-0.2, -0.15) is 4.98 Å². The van der Waals surface area contributed by atoms with Crippen LogP contribution in [0.15, 0.2) is 71.8 Å². The fourth-order valence-electron chi connectivity index (χ4n) is 2.35. The first-order valence-electron chi connectivity index (χ1n) is 8.01. The molecule has 3 aromatic rings. The third kappa shape index (κ3) is 5.01. The molecule has 0 spiro atoms. The molecule has 0 amide bonds. The van der Waals surface area contributed by atoms with Gasteiger partial charge in [0.2, 0.25) is 16.0 Å². The minimum Gasteiger partial charge on any atom is -0.354 e. The number of rotatable bonds is 7. The number of primary sulfonamides is 1. The summed E-state index contributed by atoms with van der Waals surface area (Å²) < 4.78 is 22.5. The molecule has 8 heteroatoms. The van der Waals surface area contributed by atoms with Crippen LogP contribution < -0.4 is 15.8 Å². The van der Waals surface area contributed by atoms with Gasteiger partial charge in [-0.25, -0.2) is 18.5 Å². The van der Waals surface area contributed by atoms with E-state index in [0.29, 0.717) is 24.7 Å². The monoisotopic (exact) mass is 369 g/mol. The standard InChI is InChI=1S/C18H19N5O2S/c19-26(24,25)16-8-6-14(7-9-16)10-12-20-18-21-13-11-17(23-18)22-15-4-2-1-3-5-15/h1-9,11,13H,10,12H2,(H2,19,24,25)(H2,20,21,22,23). The number of nitrogens with two attached hydrogens (primary N) is 1. The number of anilines is 3. The molecule has 0 bridgehead atoms. The number of nitrogens with zero attached hydrogens (tertiary/aromatic N) is 2. The maximum absolute atomic E-state index is 11.2. The number of sulfonamides is 1. The molecule has 0 saturated heterocycles. The lowest BCUT2D eigenvalue weighted by Gasteiger charge is -2.08. The molecule has 134 valence electrons. The number of hydrogen-bond acceptors (Lipinski definition) is 6. The zero-order valence-corrected chi connectivity index (χ0v) is 14.8. The number of nitrogens with one attached hydrogen (secondary N) is 2. The molecule has 2 aromatic carbocycles. The summed E-state index contributed by atoms with van der Waals surface area (Å²) in [5.41, 5.74) is 1.94. The van der Waals surface area contributed by atoms with Crippen LogP contribution in [0.4, 0.5) is 17.5 Å². The first-order valence-corrected chi connectivity index (χ1v) is 9.56. The second-order valence-electron chi connectivity index (χ2n) is 5.62. The SMILES string of the molecule is NS(=O)(=O)c1ccc(CCNc2nccc(Nc3ccccc3)n2)cc1. The number of para-hydroxylation sites is 1. The Balaban J connectivity index is 1.56. The number of aromatic nitrogens is 2. The summed E-state index contributed by atoms with van der Waals surface area (Å²) in [5.74, 6) is 1.22. The Morgan fingerprint density at radius 3 is 2.38 bits per heavy atom. The van der Waals surface area contributed by atoms with Gasteiger partial charge in [0.25, 0.3) is 0 Å². The summed E-state index contributed by atoms with van der Waals surface area (Å²) in [7, 11) is -3.66. The highest BCUT2D eigenvalue weighted by atomic mass is 32.2. The van der Waals surface area contributed by atoms with Gasteiger partial charge in [-0.05, 0) is 42.3 Å². The van der Waals surface area contributed by atoms with Gasteiger partial charge < -0.3 is 10.6 Å². The third-order valence-electron chi connectivity index (χ3n) is 3.65. The maximum Gasteiger partial charge on any atom is 0.238 e. The summed E-state index contributed by atoms with van der Waals surface area (Å²) in [6.07, 6.45) is 2.38. The lowest BCUT2D eigenvalue weighted by Crippen LogP contribution is -2.12. The molecule has 0 unspecified atom stereocenters. The Kier molecular flexibility index (Phi) is 5.45. The fraction of sp³-hybridized carbons (Fsp3) is 0.111. The van der Waals surface area contributed by atoms with E-state index in [9.17, 15) is 8.42 Å². The summed E-state index contributed by atoms with van der Waals surface area (Å²) >= 11 is 0. The Morgan fingerprint density at radius 2 is 1.69 bits per heavy atom. The van der Waals surface area contributed by atoms with Gasteiger partial charge in [-0.3, -0.25) is 0 Å². The Labute approximate surface area is 152 Å². The molecular formula is C18H19N5O2S. The van der Waals surface area contributed by atoms with Gasteiger partial charge in [-0.15, -0.1) is 0 Å². The molecule has 0 fully saturated rings. The average molecular weight is 369 g/mol. The highest BCUT2D eigenvalue weighted by molar-refractivity contribution is 7.89. The molecule has 4 N–H and O–H groups in total. The summed E-state index contributed by atoms with van der Waals surface area (Å²) in [4.78, 5) is 8.73. The minimum absolute atomic E-state index is 0.109. The molecule has 3 rings (SSSR count). The summed E-state index contributed by atoms with van der Waals surface area (Å²) in [5, 5.41) is 11.5. The fourth-order valence-corrected chi connectivity index (χ4v) is 2.86. The predicted molar refractivity (Wildman–Crippen MR) is 102 cm³/mol. The van der Waals surface area contributed by atoms with Crippen molar-refractivity contribution in [2.24, 2.45) is 5.14 Å². The molecule has 0 aliphatic rings. The predicted octanol–water partition coefficient (Wildman–Crippen LogP) is 2.52. The molecule has 1 aromatic heterocycles. The van der Waals surface area contributed by atoms with Crippen molar-refractivity contribution in [2.45, 2.75) is 11.3 Å². The van der Waals surface area contributed by atoms with Gasteiger partial charge in [0.05, 0.1) is 4.90 Å². The van der Waals surface area contributed by atoms with Crippen LogP contribution in [-0.2, 0) is 16.4 Å². The maximum atomic E-state index is 11.2. The average Bonchev–Trinajstić information content (AvgIpc) is 2.63. The second-order valence-corrected chi connectivity index (χ2v) is 7.18. The van der Waals surface area contributed by atoms with Gasteiger partial charge in [0.15, 0.2) is 0 Å².